The molecule has 3 nitrogen and oxygen atoms in total. The topological polar surface area (TPSA) is 50.2 Å². The fourth-order valence-corrected chi connectivity index (χ4v) is 3.49. The van der Waals surface area contributed by atoms with Gasteiger partial charge in [-0.15, -0.1) is 11.8 Å². The quantitative estimate of drug-likeness (QED) is 0.854. The number of aromatic nitrogens is 1. The highest BCUT2D eigenvalue weighted by Gasteiger charge is 2.13. The van der Waals surface area contributed by atoms with Crippen molar-refractivity contribution in [2.45, 2.75) is 25.2 Å². The van der Waals surface area contributed by atoms with Crippen LogP contribution in [-0.2, 0) is 11.2 Å². The second kappa shape index (κ2) is 5.92. The van der Waals surface area contributed by atoms with Crippen LogP contribution in [0.3, 0.4) is 0 Å². The summed E-state index contributed by atoms with van der Waals surface area (Å²) >= 11 is 4.83. The molecule has 0 saturated carbocycles. The lowest BCUT2D eigenvalue weighted by atomic mass is 10.1. The van der Waals surface area contributed by atoms with E-state index in [0.717, 1.165) is 37.9 Å². The Bertz CT molecular complexity index is 643. The first-order valence-corrected chi connectivity index (χ1v) is 7.74. The van der Waals surface area contributed by atoms with E-state index >= 15 is 0 Å². The Morgan fingerprint density at radius 1 is 1.47 bits per heavy atom. The van der Waals surface area contributed by atoms with Crippen LogP contribution in [0.4, 0.5) is 0 Å². The number of thioether (sulfide) groups is 1. The summed E-state index contributed by atoms with van der Waals surface area (Å²) in [5, 5.41) is 9.91. The maximum Gasteiger partial charge on any atom is 0.313 e. The molecule has 1 aromatic carbocycles. The standard InChI is InChI=1S/C14H14BrNO2S/c1-3-10-8(2)16-12-5-4-9(15)6-11(12)14(10)19-7-13(17)18/h4-6H,3,7H2,1-2H3,(H,17,18). The molecule has 0 atom stereocenters. The average Bonchev–Trinajstić information content (AvgIpc) is 2.36. The van der Waals surface area contributed by atoms with Gasteiger partial charge in [-0.1, -0.05) is 22.9 Å². The fourth-order valence-electron chi connectivity index (χ4n) is 2.08. The summed E-state index contributed by atoms with van der Waals surface area (Å²) in [4.78, 5) is 16.4. The predicted octanol–water partition coefficient (Wildman–Crippen LogP) is 4.04. The molecule has 0 saturated heterocycles. The smallest absolute Gasteiger partial charge is 0.313 e. The first kappa shape index (κ1) is 14.3. The zero-order chi connectivity index (χ0) is 14.0. The number of aliphatic carboxylic acids is 1. The number of carboxylic acid groups (broad SMARTS) is 1. The molecule has 0 bridgehead atoms. The molecule has 0 unspecified atom stereocenters. The minimum absolute atomic E-state index is 0.0675. The highest BCUT2D eigenvalue weighted by atomic mass is 79.9. The predicted molar refractivity (Wildman–Crippen MR) is 81.9 cm³/mol. The molecule has 0 fully saturated rings. The van der Waals surface area contributed by atoms with Crippen molar-refractivity contribution in [3.63, 3.8) is 0 Å². The Hall–Kier alpha value is -1.07. The minimum Gasteiger partial charge on any atom is -0.481 e. The minimum atomic E-state index is -0.801. The number of carboxylic acids is 1. The lowest BCUT2D eigenvalue weighted by molar-refractivity contribution is -0.133. The zero-order valence-electron chi connectivity index (χ0n) is 10.7. The van der Waals surface area contributed by atoms with Gasteiger partial charge in [0.25, 0.3) is 0 Å². The first-order chi connectivity index (χ1) is 9.02. The van der Waals surface area contributed by atoms with E-state index in [1.165, 1.54) is 11.8 Å². The van der Waals surface area contributed by atoms with Gasteiger partial charge in [-0.3, -0.25) is 9.78 Å². The lowest BCUT2D eigenvalue weighted by Gasteiger charge is -2.13. The van der Waals surface area contributed by atoms with E-state index < -0.39 is 5.97 Å². The fraction of sp³-hybridized carbons (Fsp3) is 0.286. The highest BCUT2D eigenvalue weighted by molar-refractivity contribution is 9.10. The summed E-state index contributed by atoms with van der Waals surface area (Å²) in [7, 11) is 0. The van der Waals surface area contributed by atoms with E-state index in [9.17, 15) is 4.79 Å². The van der Waals surface area contributed by atoms with Gasteiger partial charge in [0.15, 0.2) is 0 Å². The Balaban J connectivity index is 2.65. The van der Waals surface area contributed by atoms with Crippen LogP contribution in [0.5, 0.6) is 0 Å². The van der Waals surface area contributed by atoms with Crippen LogP contribution in [0.1, 0.15) is 18.2 Å². The van der Waals surface area contributed by atoms with Gasteiger partial charge < -0.3 is 5.11 Å². The molecule has 1 heterocycles. The van der Waals surface area contributed by atoms with E-state index in [2.05, 4.69) is 27.8 Å². The van der Waals surface area contributed by atoms with Gasteiger partial charge in [0.1, 0.15) is 0 Å². The van der Waals surface area contributed by atoms with Gasteiger partial charge in [0.2, 0.25) is 0 Å². The second-order valence-electron chi connectivity index (χ2n) is 4.20. The molecule has 1 aromatic heterocycles. The molecule has 100 valence electrons. The number of aryl methyl sites for hydroxylation is 1. The van der Waals surface area contributed by atoms with E-state index in [1.807, 2.05) is 25.1 Å². The maximum absolute atomic E-state index is 10.8. The molecular weight excluding hydrogens is 326 g/mol. The Kier molecular flexibility index (Phi) is 4.47. The summed E-state index contributed by atoms with van der Waals surface area (Å²) in [6.45, 7) is 4.05. The van der Waals surface area contributed by atoms with Crippen molar-refractivity contribution in [3.05, 3.63) is 33.9 Å². The zero-order valence-corrected chi connectivity index (χ0v) is 13.1. The van der Waals surface area contributed by atoms with Crippen molar-refractivity contribution in [1.29, 1.82) is 0 Å². The van der Waals surface area contributed by atoms with Crippen molar-refractivity contribution in [2.24, 2.45) is 0 Å². The van der Waals surface area contributed by atoms with E-state index in [4.69, 9.17) is 5.11 Å². The van der Waals surface area contributed by atoms with Crippen LogP contribution < -0.4 is 0 Å². The molecule has 2 aromatic rings. The molecule has 5 heteroatoms. The van der Waals surface area contributed by atoms with Crippen LogP contribution in [-0.4, -0.2) is 21.8 Å². The van der Waals surface area contributed by atoms with Crippen LogP contribution >= 0.6 is 27.7 Å². The normalized spacial score (nSPS) is 10.9. The van der Waals surface area contributed by atoms with Gasteiger partial charge in [-0.05, 0) is 37.1 Å². The number of carbonyl (C=O) groups is 1. The van der Waals surface area contributed by atoms with E-state index in [0.29, 0.717) is 0 Å². The third kappa shape index (κ3) is 3.09. The van der Waals surface area contributed by atoms with Gasteiger partial charge in [-0.2, -0.15) is 0 Å². The van der Waals surface area contributed by atoms with Crippen LogP contribution in [0, 0.1) is 6.92 Å². The average molecular weight is 340 g/mol. The molecule has 19 heavy (non-hydrogen) atoms. The van der Waals surface area contributed by atoms with Crippen molar-refractivity contribution in [2.75, 3.05) is 5.75 Å². The number of nitrogens with zero attached hydrogens (tertiary/aromatic N) is 1. The number of fused-ring (bicyclic) bond motifs is 1. The summed E-state index contributed by atoms with van der Waals surface area (Å²) in [5.74, 6) is -0.734. The number of hydrogen-bond acceptors (Lipinski definition) is 3. The van der Waals surface area contributed by atoms with Gasteiger partial charge in [0.05, 0.1) is 11.3 Å². The number of pyridine rings is 1. The molecule has 1 N–H and O–H groups in total. The molecule has 0 amide bonds. The van der Waals surface area contributed by atoms with Crippen LogP contribution in [0.2, 0.25) is 0 Å². The summed E-state index contributed by atoms with van der Waals surface area (Å²) in [6.07, 6.45) is 0.850. The van der Waals surface area contributed by atoms with Crippen LogP contribution in [0.25, 0.3) is 10.9 Å². The molecule has 0 radical (unpaired) electrons. The third-order valence-corrected chi connectivity index (χ3v) is 4.54. The van der Waals surface area contributed by atoms with Gasteiger partial charge >= 0.3 is 5.97 Å². The third-order valence-electron chi connectivity index (χ3n) is 2.90. The molecule has 0 aliphatic heterocycles. The first-order valence-electron chi connectivity index (χ1n) is 5.96. The summed E-state index contributed by atoms with van der Waals surface area (Å²) < 4.78 is 0.977. The SMILES string of the molecule is CCc1c(C)nc2ccc(Br)cc2c1SCC(=O)O. The molecule has 0 spiro atoms. The van der Waals surface area contributed by atoms with Crippen molar-refractivity contribution in [1.82, 2.24) is 4.98 Å². The molecule has 0 aliphatic rings. The summed E-state index contributed by atoms with van der Waals surface area (Å²) in [6, 6.07) is 5.91. The number of hydrogen-bond donors (Lipinski definition) is 1. The summed E-state index contributed by atoms with van der Waals surface area (Å²) in [5.41, 5.74) is 3.02. The lowest BCUT2D eigenvalue weighted by Crippen LogP contribution is -2.01. The van der Waals surface area contributed by atoms with Crippen molar-refractivity contribution in [3.8, 4) is 0 Å². The monoisotopic (exact) mass is 339 g/mol. The van der Waals surface area contributed by atoms with E-state index in [-0.39, 0.29) is 5.75 Å². The largest absolute Gasteiger partial charge is 0.481 e. The second-order valence-corrected chi connectivity index (χ2v) is 6.10. The van der Waals surface area contributed by atoms with Crippen molar-refractivity contribution >= 4 is 44.6 Å². The number of rotatable bonds is 4. The molecular formula is C14H14BrNO2S. The van der Waals surface area contributed by atoms with Crippen LogP contribution in [0.15, 0.2) is 27.6 Å². The maximum atomic E-state index is 10.8. The highest BCUT2D eigenvalue weighted by Crippen LogP contribution is 2.34. The molecule has 0 aliphatic carbocycles. The number of benzene rings is 1. The van der Waals surface area contributed by atoms with Gasteiger partial charge in [0, 0.05) is 20.4 Å². The van der Waals surface area contributed by atoms with Crippen molar-refractivity contribution < 1.29 is 9.90 Å². The number of halogens is 1. The Morgan fingerprint density at radius 2 is 2.21 bits per heavy atom. The molecule has 2 rings (SSSR count). The van der Waals surface area contributed by atoms with Gasteiger partial charge in [-0.25, -0.2) is 0 Å². The Morgan fingerprint density at radius 3 is 2.84 bits per heavy atom. The Labute approximate surface area is 124 Å². The van der Waals surface area contributed by atoms with E-state index in [1.54, 1.807) is 0 Å².